The zero-order chi connectivity index (χ0) is 27.8. The lowest BCUT2D eigenvalue weighted by Gasteiger charge is -2.33. The van der Waals surface area contributed by atoms with Crippen molar-refractivity contribution >= 4 is 27.5 Å². The maximum atomic E-state index is 13.6. The van der Waals surface area contributed by atoms with E-state index in [0.717, 1.165) is 18.4 Å². The number of nitrogens with zero attached hydrogens (tertiary/aromatic N) is 2. The summed E-state index contributed by atoms with van der Waals surface area (Å²) in [6.45, 7) is 3.17. The van der Waals surface area contributed by atoms with E-state index in [1.165, 1.54) is 18.1 Å². The van der Waals surface area contributed by atoms with Crippen LogP contribution >= 0.6 is 0 Å². The summed E-state index contributed by atoms with van der Waals surface area (Å²) in [4.78, 5) is 27.7. The first-order chi connectivity index (χ1) is 17.3. The molecule has 0 bridgehead atoms. The van der Waals surface area contributed by atoms with Crippen LogP contribution in [0.25, 0.3) is 0 Å². The average Bonchev–Trinajstić information content (AvgIpc) is 2.85. The van der Waals surface area contributed by atoms with Crippen molar-refractivity contribution in [2.24, 2.45) is 0 Å². The van der Waals surface area contributed by atoms with E-state index in [2.05, 4.69) is 5.32 Å². The Morgan fingerprint density at radius 3 is 2.24 bits per heavy atom. The summed E-state index contributed by atoms with van der Waals surface area (Å²) >= 11 is 0. The molecule has 0 unspecified atom stereocenters. The van der Waals surface area contributed by atoms with E-state index in [4.69, 9.17) is 4.74 Å². The number of ether oxygens (including phenoxy) is 1. The Labute approximate surface area is 215 Å². The Morgan fingerprint density at radius 1 is 1.08 bits per heavy atom. The van der Waals surface area contributed by atoms with Crippen molar-refractivity contribution in [1.82, 2.24) is 10.2 Å². The Bertz CT molecular complexity index is 1170. The molecule has 0 heterocycles. The molecule has 2 rings (SSSR count). The molecule has 8 nitrogen and oxygen atoms in total. The highest BCUT2D eigenvalue weighted by Gasteiger charge is 2.34. The first-order valence-corrected chi connectivity index (χ1v) is 13.5. The van der Waals surface area contributed by atoms with Crippen molar-refractivity contribution in [3.05, 3.63) is 59.7 Å². The fourth-order valence-electron chi connectivity index (χ4n) is 3.66. The Hall–Kier alpha value is -3.28. The lowest BCUT2D eigenvalue weighted by molar-refractivity contribution is -0.140. The number of anilines is 1. The molecule has 0 saturated heterocycles. The molecule has 2 aromatic rings. The molecular weight excluding hydrogens is 511 g/mol. The molecule has 2 aromatic carbocycles. The van der Waals surface area contributed by atoms with Gasteiger partial charge in [-0.25, -0.2) is 8.42 Å². The van der Waals surface area contributed by atoms with Crippen LogP contribution in [0.3, 0.4) is 0 Å². The standard InChI is InChI=1S/C25H32F3N3O5S/c1-5-14-29-24(33)22(6-2)30(16-18-10-12-21(36-3)13-11-18)23(32)17-31(37(4,34)35)20-9-7-8-19(15-20)25(26,27)28/h7-13,15,22H,5-6,14,16-17H2,1-4H3,(H,29,33)/t22-/m0/s1. The molecule has 0 aromatic heterocycles. The summed E-state index contributed by atoms with van der Waals surface area (Å²) in [5, 5.41) is 2.75. The second kappa shape index (κ2) is 12.8. The number of nitrogens with one attached hydrogen (secondary N) is 1. The Morgan fingerprint density at radius 2 is 1.73 bits per heavy atom. The number of rotatable bonds is 12. The van der Waals surface area contributed by atoms with Crippen LogP contribution in [0, 0.1) is 0 Å². The molecule has 1 atom stereocenters. The zero-order valence-corrected chi connectivity index (χ0v) is 22.0. The van der Waals surface area contributed by atoms with Crippen LogP contribution in [0.2, 0.25) is 0 Å². The molecule has 0 spiro atoms. The van der Waals surface area contributed by atoms with Gasteiger partial charge in [0, 0.05) is 13.1 Å². The third kappa shape index (κ3) is 8.38. The number of carbonyl (C=O) groups excluding carboxylic acids is 2. The number of halogens is 3. The van der Waals surface area contributed by atoms with Crippen LogP contribution in [-0.4, -0.2) is 57.6 Å². The largest absolute Gasteiger partial charge is 0.497 e. The maximum absolute atomic E-state index is 13.6. The number of methoxy groups -OCH3 is 1. The van der Waals surface area contributed by atoms with Crippen molar-refractivity contribution in [2.75, 3.05) is 30.8 Å². The summed E-state index contributed by atoms with van der Waals surface area (Å²) in [6, 6.07) is 9.59. The van der Waals surface area contributed by atoms with Crippen molar-refractivity contribution < 1.29 is 35.9 Å². The molecule has 12 heteroatoms. The number of carbonyl (C=O) groups is 2. The highest BCUT2D eigenvalue weighted by atomic mass is 32.2. The number of amides is 2. The van der Waals surface area contributed by atoms with Crippen molar-refractivity contribution in [3.8, 4) is 5.75 Å². The fourth-order valence-corrected chi connectivity index (χ4v) is 4.51. The van der Waals surface area contributed by atoms with Crippen LogP contribution in [0.5, 0.6) is 5.75 Å². The van der Waals surface area contributed by atoms with Crippen molar-refractivity contribution in [1.29, 1.82) is 0 Å². The molecule has 1 N–H and O–H groups in total. The van der Waals surface area contributed by atoms with Gasteiger partial charge in [0.1, 0.15) is 18.3 Å². The van der Waals surface area contributed by atoms with E-state index >= 15 is 0 Å². The zero-order valence-electron chi connectivity index (χ0n) is 21.2. The third-order valence-electron chi connectivity index (χ3n) is 5.59. The van der Waals surface area contributed by atoms with Crippen LogP contribution < -0.4 is 14.4 Å². The molecule has 0 aliphatic rings. The Kier molecular flexibility index (Phi) is 10.4. The van der Waals surface area contributed by atoms with Crippen LogP contribution in [0.1, 0.15) is 37.8 Å². The minimum Gasteiger partial charge on any atom is -0.497 e. The fraction of sp³-hybridized carbons (Fsp3) is 0.440. The number of alkyl halides is 3. The van der Waals surface area contributed by atoms with Crippen LogP contribution in [-0.2, 0) is 32.3 Å². The van der Waals surface area contributed by atoms with E-state index in [1.807, 2.05) is 6.92 Å². The Balaban J connectivity index is 2.47. The van der Waals surface area contributed by atoms with Crippen molar-refractivity contribution in [3.63, 3.8) is 0 Å². The van der Waals surface area contributed by atoms with Gasteiger partial charge in [0.2, 0.25) is 21.8 Å². The lowest BCUT2D eigenvalue weighted by Crippen LogP contribution is -2.52. The van der Waals surface area contributed by atoms with Crippen molar-refractivity contribution in [2.45, 2.75) is 45.5 Å². The number of benzene rings is 2. The molecule has 0 aliphatic heterocycles. The van der Waals surface area contributed by atoms with Gasteiger partial charge < -0.3 is 15.0 Å². The molecule has 0 fully saturated rings. The van der Waals surface area contributed by atoms with E-state index in [9.17, 15) is 31.2 Å². The minimum atomic E-state index is -4.70. The first-order valence-electron chi connectivity index (χ1n) is 11.7. The minimum absolute atomic E-state index is 0.0267. The predicted molar refractivity (Wildman–Crippen MR) is 135 cm³/mol. The third-order valence-corrected chi connectivity index (χ3v) is 6.73. The number of hydrogen-bond acceptors (Lipinski definition) is 5. The van der Waals surface area contributed by atoms with E-state index in [1.54, 1.807) is 31.2 Å². The summed E-state index contributed by atoms with van der Waals surface area (Å²) in [5.74, 6) is -0.560. The molecule has 2 amide bonds. The predicted octanol–water partition coefficient (Wildman–Crippen LogP) is 3.81. The molecule has 0 aliphatic carbocycles. The van der Waals surface area contributed by atoms with Gasteiger partial charge in [0.05, 0.1) is 24.6 Å². The summed E-state index contributed by atoms with van der Waals surface area (Å²) in [5.41, 5.74) is -0.703. The maximum Gasteiger partial charge on any atom is 0.416 e. The highest BCUT2D eigenvalue weighted by molar-refractivity contribution is 7.92. The number of sulfonamides is 1. The normalized spacial score (nSPS) is 12.5. The van der Waals surface area contributed by atoms with Gasteiger partial charge in [0.25, 0.3) is 0 Å². The van der Waals surface area contributed by atoms with E-state index in [-0.39, 0.29) is 18.7 Å². The summed E-state index contributed by atoms with van der Waals surface area (Å²) in [7, 11) is -2.65. The van der Waals surface area contributed by atoms with Gasteiger partial charge in [-0.05, 0) is 48.7 Å². The van der Waals surface area contributed by atoms with Gasteiger partial charge in [-0.1, -0.05) is 32.0 Å². The van der Waals surface area contributed by atoms with Gasteiger partial charge in [-0.15, -0.1) is 0 Å². The first kappa shape index (κ1) is 29.9. The average molecular weight is 544 g/mol. The second-order valence-electron chi connectivity index (χ2n) is 8.40. The van der Waals surface area contributed by atoms with Gasteiger partial charge >= 0.3 is 6.18 Å². The summed E-state index contributed by atoms with van der Waals surface area (Å²) in [6.07, 6.45) is -2.99. The van der Waals surface area contributed by atoms with Gasteiger partial charge in [-0.2, -0.15) is 13.2 Å². The molecule has 204 valence electrons. The molecule has 37 heavy (non-hydrogen) atoms. The van der Waals surface area contributed by atoms with Gasteiger partial charge in [-0.3, -0.25) is 13.9 Å². The van der Waals surface area contributed by atoms with Crippen LogP contribution in [0.15, 0.2) is 48.5 Å². The van der Waals surface area contributed by atoms with E-state index in [0.29, 0.717) is 34.7 Å². The number of hydrogen-bond donors (Lipinski definition) is 1. The molecular formula is C25H32F3N3O5S. The van der Waals surface area contributed by atoms with Gasteiger partial charge in [0.15, 0.2) is 0 Å². The topological polar surface area (TPSA) is 96.0 Å². The highest BCUT2D eigenvalue weighted by Crippen LogP contribution is 2.32. The summed E-state index contributed by atoms with van der Waals surface area (Å²) < 4.78 is 70.7. The lowest BCUT2D eigenvalue weighted by atomic mass is 10.1. The van der Waals surface area contributed by atoms with E-state index < -0.39 is 46.2 Å². The molecule has 0 saturated carbocycles. The monoisotopic (exact) mass is 543 g/mol. The quantitative estimate of drug-likeness (QED) is 0.439. The SMILES string of the molecule is CCCNC(=O)[C@H](CC)N(Cc1ccc(OC)cc1)C(=O)CN(c1cccc(C(F)(F)F)c1)S(C)(=O)=O. The second-order valence-corrected chi connectivity index (χ2v) is 10.3. The molecule has 0 radical (unpaired) electrons. The smallest absolute Gasteiger partial charge is 0.416 e. The van der Waals surface area contributed by atoms with Crippen LogP contribution in [0.4, 0.5) is 18.9 Å².